The van der Waals surface area contributed by atoms with Crippen molar-refractivity contribution in [2.24, 2.45) is 0 Å². The lowest BCUT2D eigenvalue weighted by atomic mass is 10.1. The molecule has 3 rings (SSSR count). The molecular weight excluding hydrogens is 252 g/mol. The van der Waals surface area contributed by atoms with Crippen LogP contribution in [-0.2, 0) is 0 Å². The maximum absolute atomic E-state index is 10.4. The van der Waals surface area contributed by atoms with Gasteiger partial charge in [-0.25, -0.2) is 0 Å². The second-order valence-corrected chi connectivity index (χ2v) is 6.11. The Balaban J connectivity index is 1.75. The van der Waals surface area contributed by atoms with Crippen molar-refractivity contribution in [2.75, 3.05) is 31.1 Å². The summed E-state index contributed by atoms with van der Waals surface area (Å²) >= 11 is 0. The van der Waals surface area contributed by atoms with Gasteiger partial charge in [-0.3, -0.25) is 4.90 Å². The van der Waals surface area contributed by atoms with E-state index in [4.69, 9.17) is 0 Å². The van der Waals surface area contributed by atoms with Gasteiger partial charge in [0.1, 0.15) is 0 Å². The van der Waals surface area contributed by atoms with Crippen LogP contribution in [0.5, 0.6) is 0 Å². The van der Waals surface area contributed by atoms with E-state index in [-0.39, 0.29) is 12.1 Å². The zero-order valence-corrected chi connectivity index (χ0v) is 12.4. The van der Waals surface area contributed by atoms with Crippen LogP contribution in [0.1, 0.15) is 30.4 Å². The van der Waals surface area contributed by atoms with E-state index in [9.17, 15) is 5.11 Å². The molecule has 0 aromatic carbocycles. The highest BCUT2D eigenvalue weighted by Crippen LogP contribution is 2.26. The normalized spacial score (nSPS) is 28.1. The van der Waals surface area contributed by atoms with E-state index in [0.717, 1.165) is 31.0 Å². The molecule has 0 spiro atoms. The smallest absolute Gasteiger partial charge is 0.154 e. The lowest BCUT2D eigenvalue weighted by molar-refractivity contribution is 0.0706. The van der Waals surface area contributed by atoms with Gasteiger partial charge in [0, 0.05) is 13.1 Å². The van der Waals surface area contributed by atoms with Crippen LogP contribution in [0.3, 0.4) is 0 Å². The van der Waals surface area contributed by atoms with Gasteiger partial charge in [0.25, 0.3) is 0 Å². The monoisotopic (exact) mass is 276 g/mol. The number of nitrogens with zero attached hydrogens (tertiary/aromatic N) is 4. The summed E-state index contributed by atoms with van der Waals surface area (Å²) in [5.41, 5.74) is 2.33. The van der Waals surface area contributed by atoms with Gasteiger partial charge >= 0.3 is 0 Å². The summed E-state index contributed by atoms with van der Waals surface area (Å²) in [5, 5.41) is 18.7. The van der Waals surface area contributed by atoms with Crippen LogP contribution in [0.15, 0.2) is 6.20 Å². The van der Waals surface area contributed by atoms with E-state index in [2.05, 4.69) is 33.8 Å². The van der Waals surface area contributed by atoms with Gasteiger partial charge < -0.3 is 10.0 Å². The third-order valence-corrected chi connectivity index (χ3v) is 4.75. The van der Waals surface area contributed by atoms with Crippen molar-refractivity contribution in [3.8, 4) is 0 Å². The minimum atomic E-state index is -0.283. The Morgan fingerprint density at radius 1 is 1.15 bits per heavy atom. The molecule has 2 saturated heterocycles. The Hall–Kier alpha value is -1.20. The zero-order chi connectivity index (χ0) is 14.1. The first-order chi connectivity index (χ1) is 9.66. The largest absolute Gasteiger partial charge is 0.390 e. The Kier molecular flexibility index (Phi) is 3.89. The minimum absolute atomic E-state index is 0.247. The topological polar surface area (TPSA) is 52.5 Å². The van der Waals surface area contributed by atoms with Crippen molar-refractivity contribution >= 4 is 5.82 Å². The van der Waals surface area contributed by atoms with Gasteiger partial charge in [0.05, 0.1) is 18.3 Å². The highest BCUT2D eigenvalue weighted by atomic mass is 16.3. The maximum atomic E-state index is 10.4. The molecule has 0 saturated carbocycles. The molecule has 5 heteroatoms. The van der Waals surface area contributed by atoms with Crippen LogP contribution in [0.2, 0.25) is 0 Å². The molecule has 5 nitrogen and oxygen atoms in total. The van der Waals surface area contributed by atoms with Crippen molar-refractivity contribution in [1.29, 1.82) is 0 Å². The molecule has 3 heterocycles. The first-order valence-corrected chi connectivity index (χ1v) is 7.63. The highest BCUT2D eigenvalue weighted by molar-refractivity contribution is 5.49. The molecule has 2 fully saturated rings. The van der Waals surface area contributed by atoms with Gasteiger partial charge in [-0.05, 0) is 50.9 Å². The van der Waals surface area contributed by atoms with Crippen molar-refractivity contribution in [1.82, 2.24) is 15.1 Å². The van der Waals surface area contributed by atoms with Crippen LogP contribution in [0.4, 0.5) is 5.82 Å². The van der Waals surface area contributed by atoms with E-state index < -0.39 is 0 Å². The number of aromatic nitrogens is 2. The van der Waals surface area contributed by atoms with Crippen molar-refractivity contribution in [2.45, 2.75) is 45.3 Å². The molecule has 0 amide bonds. The fourth-order valence-corrected chi connectivity index (χ4v) is 3.37. The number of likely N-dealkylation sites (tertiary alicyclic amines) is 1. The third-order valence-electron chi connectivity index (χ3n) is 4.75. The van der Waals surface area contributed by atoms with Crippen LogP contribution in [0.25, 0.3) is 0 Å². The van der Waals surface area contributed by atoms with Gasteiger partial charge in [-0.15, -0.1) is 5.10 Å². The van der Waals surface area contributed by atoms with Crippen molar-refractivity contribution < 1.29 is 5.11 Å². The lowest BCUT2D eigenvalue weighted by Gasteiger charge is -2.33. The molecule has 1 aromatic rings. The average Bonchev–Trinajstić information content (AvgIpc) is 2.85. The first-order valence-electron chi connectivity index (χ1n) is 7.63. The Labute approximate surface area is 120 Å². The minimum Gasteiger partial charge on any atom is -0.390 e. The number of aliphatic hydroxyl groups excluding tert-OH is 1. The van der Waals surface area contributed by atoms with Crippen LogP contribution in [-0.4, -0.2) is 58.5 Å². The van der Waals surface area contributed by atoms with E-state index >= 15 is 0 Å². The van der Waals surface area contributed by atoms with Crippen molar-refractivity contribution in [3.63, 3.8) is 0 Å². The van der Waals surface area contributed by atoms with E-state index in [1.54, 1.807) is 6.20 Å². The molecule has 2 atom stereocenters. The van der Waals surface area contributed by atoms with Crippen LogP contribution < -0.4 is 4.90 Å². The number of hydrogen-bond donors (Lipinski definition) is 1. The Morgan fingerprint density at radius 2 is 1.90 bits per heavy atom. The summed E-state index contributed by atoms with van der Waals surface area (Å²) in [6.45, 7) is 7.91. The molecular formula is C15H24N4O. The van der Waals surface area contributed by atoms with Gasteiger partial charge in [-0.1, -0.05) is 6.42 Å². The Bertz CT molecular complexity index is 473. The van der Waals surface area contributed by atoms with Crippen LogP contribution in [0, 0.1) is 13.8 Å². The summed E-state index contributed by atoms with van der Waals surface area (Å²) in [6.07, 6.45) is 5.35. The molecule has 0 unspecified atom stereocenters. The number of aryl methyl sites for hydroxylation is 1. The first kappa shape index (κ1) is 13.8. The molecule has 20 heavy (non-hydrogen) atoms. The second kappa shape index (κ2) is 5.66. The summed E-state index contributed by atoms with van der Waals surface area (Å²) in [5.74, 6) is 0.934. The number of hydrogen-bond acceptors (Lipinski definition) is 5. The highest BCUT2D eigenvalue weighted by Gasteiger charge is 2.37. The van der Waals surface area contributed by atoms with E-state index in [1.807, 2.05) is 0 Å². The summed E-state index contributed by atoms with van der Waals surface area (Å²) in [7, 11) is 0. The quantitative estimate of drug-likeness (QED) is 0.877. The molecule has 1 aromatic heterocycles. The fraction of sp³-hybridized carbons (Fsp3) is 0.733. The SMILES string of the molecule is Cc1cnnc(N2C[C@H](O)[C@@H](N3CCCCC3)C2)c1C. The average molecular weight is 276 g/mol. The number of piperidine rings is 1. The Morgan fingerprint density at radius 3 is 2.65 bits per heavy atom. The van der Waals surface area contributed by atoms with E-state index in [0.29, 0.717) is 6.54 Å². The lowest BCUT2D eigenvalue weighted by Crippen LogP contribution is -2.45. The molecule has 0 aliphatic carbocycles. The summed E-state index contributed by atoms with van der Waals surface area (Å²) in [4.78, 5) is 4.64. The second-order valence-electron chi connectivity index (χ2n) is 6.11. The summed E-state index contributed by atoms with van der Waals surface area (Å²) < 4.78 is 0. The standard InChI is InChI=1S/C15H24N4O/c1-11-8-16-17-15(12(11)2)19-9-13(14(20)10-19)18-6-4-3-5-7-18/h8,13-14,20H,3-7,9-10H2,1-2H3/t13-,14-/m0/s1. The third kappa shape index (κ3) is 2.52. The molecule has 2 aliphatic rings. The zero-order valence-electron chi connectivity index (χ0n) is 12.4. The number of rotatable bonds is 2. The predicted molar refractivity (Wildman–Crippen MR) is 78.9 cm³/mol. The number of anilines is 1. The van der Waals surface area contributed by atoms with Crippen LogP contribution >= 0.6 is 0 Å². The number of aliphatic hydroxyl groups is 1. The summed E-state index contributed by atoms with van der Waals surface area (Å²) in [6, 6.07) is 0.247. The molecule has 2 aliphatic heterocycles. The molecule has 0 bridgehead atoms. The number of β-amino-alcohol motifs (C(OH)–C–C–N with tert-alkyl or cyclic N) is 1. The predicted octanol–water partition coefficient (Wildman–Crippen LogP) is 1.13. The molecule has 0 radical (unpaired) electrons. The fourth-order valence-electron chi connectivity index (χ4n) is 3.37. The van der Waals surface area contributed by atoms with E-state index in [1.165, 1.54) is 24.8 Å². The van der Waals surface area contributed by atoms with Gasteiger partial charge in [0.2, 0.25) is 0 Å². The van der Waals surface area contributed by atoms with Gasteiger partial charge in [0.15, 0.2) is 5.82 Å². The van der Waals surface area contributed by atoms with Gasteiger partial charge in [-0.2, -0.15) is 5.10 Å². The molecule has 110 valence electrons. The van der Waals surface area contributed by atoms with Crippen molar-refractivity contribution in [3.05, 3.63) is 17.3 Å². The molecule has 1 N–H and O–H groups in total. The maximum Gasteiger partial charge on any atom is 0.154 e.